The van der Waals surface area contributed by atoms with E-state index in [1.54, 1.807) is 0 Å². The Bertz CT molecular complexity index is 705. The van der Waals surface area contributed by atoms with Gasteiger partial charge in [-0.1, -0.05) is 58.0 Å². The molecule has 4 heteroatoms. The molecule has 128 valence electrons. The lowest BCUT2D eigenvalue weighted by Gasteiger charge is -2.39. The van der Waals surface area contributed by atoms with Gasteiger partial charge in [0.05, 0.1) is 11.7 Å². The van der Waals surface area contributed by atoms with Gasteiger partial charge in [0.2, 0.25) is 5.91 Å². The van der Waals surface area contributed by atoms with Gasteiger partial charge in [-0.2, -0.15) is 0 Å². The molecule has 2 atom stereocenters. The first-order chi connectivity index (χ1) is 11.5. The summed E-state index contributed by atoms with van der Waals surface area (Å²) in [6.07, 6.45) is 3.01. The molecule has 0 bridgehead atoms. The predicted molar refractivity (Wildman–Crippen MR) is 96.4 cm³/mol. The highest BCUT2D eigenvalue weighted by molar-refractivity contribution is 5.79. The van der Waals surface area contributed by atoms with Crippen LogP contribution in [0.25, 0.3) is 11.3 Å². The summed E-state index contributed by atoms with van der Waals surface area (Å²) in [7, 11) is 0. The number of imidazole rings is 1. The van der Waals surface area contributed by atoms with Crippen LogP contribution in [0.1, 0.15) is 46.0 Å². The Hall–Kier alpha value is -2.10. The van der Waals surface area contributed by atoms with Gasteiger partial charge in [0.1, 0.15) is 5.82 Å². The number of benzene rings is 1. The van der Waals surface area contributed by atoms with Crippen molar-refractivity contribution in [2.75, 3.05) is 6.54 Å². The molecular formula is C20H27N3O. The molecule has 2 aromatic rings. The third-order valence-electron chi connectivity index (χ3n) is 5.01. The fourth-order valence-corrected chi connectivity index (χ4v) is 3.45. The number of fused-ring (bicyclic) bond motifs is 1. The molecule has 4 nitrogen and oxygen atoms in total. The van der Waals surface area contributed by atoms with Crippen LogP contribution in [0.3, 0.4) is 0 Å². The Balaban J connectivity index is 1.98. The summed E-state index contributed by atoms with van der Waals surface area (Å²) in [6, 6.07) is 10.3. The quantitative estimate of drug-likeness (QED) is 0.847. The van der Waals surface area contributed by atoms with Crippen molar-refractivity contribution in [2.24, 2.45) is 11.8 Å². The van der Waals surface area contributed by atoms with E-state index in [0.29, 0.717) is 5.92 Å². The summed E-state index contributed by atoms with van der Waals surface area (Å²) >= 11 is 0. The monoisotopic (exact) mass is 325 g/mol. The van der Waals surface area contributed by atoms with E-state index in [2.05, 4.69) is 48.6 Å². The SMILES string of the molecule is CC[C@H](C)C(=O)N1CCn2cc(-c3ccccc3)nc2[C@H]1C(C)C. The van der Waals surface area contributed by atoms with Crippen LogP contribution in [0.2, 0.25) is 0 Å². The van der Waals surface area contributed by atoms with Gasteiger partial charge in [-0.15, -0.1) is 0 Å². The summed E-state index contributed by atoms with van der Waals surface area (Å²) in [5, 5.41) is 0. The third-order valence-corrected chi connectivity index (χ3v) is 5.01. The topological polar surface area (TPSA) is 38.1 Å². The second-order valence-corrected chi connectivity index (χ2v) is 7.07. The van der Waals surface area contributed by atoms with E-state index in [4.69, 9.17) is 4.98 Å². The molecule has 0 unspecified atom stereocenters. The first-order valence-electron chi connectivity index (χ1n) is 8.95. The van der Waals surface area contributed by atoms with Crippen molar-refractivity contribution < 1.29 is 4.79 Å². The maximum absolute atomic E-state index is 12.8. The zero-order valence-electron chi connectivity index (χ0n) is 15.1. The van der Waals surface area contributed by atoms with Gasteiger partial charge < -0.3 is 9.47 Å². The first-order valence-corrected chi connectivity index (χ1v) is 8.95. The molecule has 3 rings (SSSR count). The Labute approximate surface area is 144 Å². The van der Waals surface area contributed by atoms with Gasteiger partial charge in [0.25, 0.3) is 0 Å². The molecule has 1 aliphatic rings. The Morgan fingerprint density at radius 2 is 1.92 bits per heavy atom. The number of rotatable bonds is 4. The molecule has 0 radical (unpaired) electrons. The molecule has 0 spiro atoms. The Morgan fingerprint density at radius 1 is 1.21 bits per heavy atom. The molecule has 0 saturated heterocycles. The normalized spacial score (nSPS) is 18.5. The molecule has 0 N–H and O–H groups in total. The number of carbonyl (C=O) groups is 1. The van der Waals surface area contributed by atoms with Gasteiger partial charge >= 0.3 is 0 Å². The van der Waals surface area contributed by atoms with Crippen molar-refractivity contribution in [3.63, 3.8) is 0 Å². The van der Waals surface area contributed by atoms with Crippen LogP contribution in [0.15, 0.2) is 36.5 Å². The highest BCUT2D eigenvalue weighted by atomic mass is 16.2. The highest BCUT2D eigenvalue weighted by Gasteiger charge is 2.36. The second-order valence-electron chi connectivity index (χ2n) is 7.07. The molecule has 1 aliphatic heterocycles. The molecule has 24 heavy (non-hydrogen) atoms. The van der Waals surface area contributed by atoms with Crippen LogP contribution in [0.4, 0.5) is 0 Å². The van der Waals surface area contributed by atoms with Crippen LogP contribution < -0.4 is 0 Å². The molecule has 2 heterocycles. The average Bonchev–Trinajstić information content (AvgIpc) is 3.04. The molecule has 0 saturated carbocycles. The predicted octanol–water partition coefficient (Wildman–Crippen LogP) is 4.14. The summed E-state index contributed by atoms with van der Waals surface area (Å²) < 4.78 is 2.23. The van der Waals surface area contributed by atoms with Crippen LogP contribution in [-0.4, -0.2) is 26.9 Å². The zero-order chi connectivity index (χ0) is 17.3. The molecular weight excluding hydrogens is 298 g/mol. The maximum Gasteiger partial charge on any atom is 0.226 e. The summed E-state index contributed by atoms with van der Waals surface area (Å²) in [6.45, 7) is 10.0. The number of amides is 1. The summed E-state index contributed by atoms with van der Waals surface area (Å²) in [5.41, 5.74) is 2.12. The number of hydrogen-bond donors (Lipinski definition) is 0. The largest absolute Gasteiger partial charge is 0.331 e. The van der Waals surface area contributed by atoms with Crippen molar-refractivity contribution in [2.45, 2.75) is 46.7 Å². The Kier molecular flexibility index (Phi) is 4.74. The number of carbonyl (C=O) groups excluding carboxylic acids is 1. The van der Waals surface area contributed by atoms with Crippen LogP contribution in [-0.2, 0) is 11.3 Å². The van der Waals surface area contributed by atoms with Gasteiger partial charge in [-0.05, 0) is 12.3 Å². The van der Waals surface area contributed by atoms with Gasteiger partial charge in [0.15, 0.2) is 0 Å². The lowest BCUT2D eigenvalue weighted by atomic mass is 9.97. The van der Waals surface area contributed by atoms with E-state index in [0.717, 1.165) is 36.6 Å². The number of aromatic nitrogens is 2. The molecule has 0 aliphatic carbocycles. The van der Waals surface area contributed by atoms with Crippen molar-refractivity contribution >= 4 is 5.91 Å². The van der Waals surface area contributed by atoms with Crippen molar-refractivity contribution in [1.82, 2.24) is 14.5 Å². The summed E-state index contributed by atoms with van der Waals surface area (Å²) in [4.78, 5) is 19.8. The molecule has 1 aromatic carbocycles. The third kappa shape index (κ3) is 2.97. The van der Waals surface area contributed by atoms with Gasteiger partial charge in [-0.3, -0.25) is 4.79 Å². The minimum absolute atomic E-state index is 0.0534. The Morgan fingerprint density at radius 3 is 2.54 bits per heavy atom. The van der Waals surface area contributed by atoms with Gasteiger partial charge in [-0.25, -0.2) is 4.98 Å². The van der Waals surface area contributed by atoms with E-state index >= 15 is 0 Å². The lowest BCUT2D eigenvalue weighted by Crippen LogP contribution is -2.46. The fraction of sp³-hybridized carbons (Fsp3) is 0.500. The highest BCUT2D eigenvalue weighted by Crippen LogP contribution is 2.34. The lowest BCUT2D eigenvalue weighted by molar-refractivity contribution is -0.140. The zero-order valence-corrected chi connectivity index (χ0v) is 15.1. The van der Waals surface area contributed by atoms with Crippen molar-refractivity contribution in [1.29, 1.82) is 0 Å². The van der Waals surface area contributed by atoms with E-state index in [1.165, 1.54) is 0 Å². The minimum atomic E-state index is 0.0534. The second kappa shape index (κ2) is 6.80. The molecule has 1 amide bonds. The van der Waals surface area contributed by atoms with Crippen LogP contribution in [0.5, 0.6) is 0 Å². The average molecular weight is 325 g/mol. The van der Waals surface area contributed by atoms with E-state index in [9.17, 15) is 4.79 Å². The number of hydrogen-bond acceptors (Lipinski definition) is 2. The van der Waals surface area contributed by atoms with Crippen molar-refractivity contribution in [3.05, 3.63) is 42.4 Å². The van der Waals surface area contributed by atoms with Gasteiger partial charge in [0, 0.05) is 30.8 Å². The van der Waals surface area contributed by atoms with E-state index < -0.39 is 0 Å². The van der Waals surface area contributed by atoms with E-state index in [1.807, 2.05) is 25.1 Å². The molecule has 0 fully saturated rings. The molecule has 1 aromatic heterocycles. The van der Waals surface area contributed by atoms with Crippen LogP contribution in [0, 0.1) is 11.8 Å². The first kappa shape index (κ1) is 16.7. The summed E-state index contributed by atoms with van der Waals surface area (Å²) in [5.74, 6) is 1.68. The minimum Gasteiger partial charge on any atom is -0.331 e. The van der Waals surface area contributed by atoms with Crippen molar-refractivity contribution in [3.8, 4) is 11.3 Å². The standard InChI is InChI=1S/C20H27N3O/c1-5-15(4)20(24)23-12-11-22-13-17(16-9-7-6-8-10-16)21-19(22)18(23)14(2)3/h6-10,13-15,18H,5,11-12H2,1-4H3/t15-,18+/m0/s1. The van der Waals surface area contributed by atoms with E-state index in [-0.39, 0.29) is 17.9 Å². The smallest absolute Gasteiger partial charge is 0.226 e. The van der Waals surface area contributed by atoms with Crippen LogP contribution >= 0.6 is 0 Å². The number of nitrogens with zero attached hydrogens (tertiary/aromatic N) is 3. The fourth-order valence-electron chi connectivity index (χ4n) is 3.45. The maximum atomic E-state index is 12.8.